The van der Waals surface area contributed by atoms with Gasteiger partial charge in [-0.15, -0.1) is 0 Å². The zero-order valence-corrected chi connectivity index (χ0v) is 12.6. The number of hydrogen-bond donors (Lipinski definition) is 1. The van der Waals surface area contributed by atoms with Gasteiger partial charge in [0.05, 0.1) is 17.4 Å². The molecule has 1 atom stereocenters. The van der Waals surface area contributed by atoms with Crippen molar-refractivity contribution in [1.82, 2.24) is 4.98 Å². The Bertz CT molecular complexity index is 603. The number of aromatic nitrogens is 1. The largest absolute Gasteiger partial charge is 0.376 e. The lowest BCUT2D eigenvalue weighted by atomic mass is 10.0. The van der Waals surface area contributed by atoms with Gasteiger partial charge in [-0.05, 0) is 62.4 Å². The highest BCUT2D eigenvalue weighted by molar-refractivity contribution is 6.30. The number of aryl methyl sites for hydroxylation is 2. The van der Waals surface area contributed by atoms with Crippen molar-refractivity contribution >= 4 is 17.3 Å². The minimum atomic E-state index is 0.357. The Morgan fingerprint density at radius 2 is 1.80 bits per heavy atom. The molecule has 1 saturated carbocycles. The van der Waals surface area contributed by atoms with Crippen molar-refractivity contribution in [3.63, 3.8) is 0 Å². The first-order valence-electron chi connectivity index (χ1n) is 7.10. The highest BCUT2D eigenvalue weighted by Gasteiger charge is 2.32. The van der Waals surface area contributed by atoms with E-state index < -0.39 is 0 Å². The molecule has 0 radical (unpaired) electrons. The van der Waals surface area contributed by atoms with Crippen molar-refractivity contribution in [3.8, 4) is 0 Å². The predicted molar refractivity (Wildman–Crippen MR) is 84.3 cm³/mol. The van der Waals surface area contributed by atoms with Crippen LogP contribution in [-0.2, 0) is 0 Å². The van der Waals surface area contributed by atoms with Crippen molar-refractivity contribution in [1.29, 1.82) is 0 Å². The highest BCUT2D eigenvalue weighted by Crippen LogP contribution is 2.43. The number of benzene rings is 1. The zero-order chi connectivity index (χ0) is 14.1. The number of anilines is 1. The van der Waals surface area contributed by atoms with E-state index >= 15 is 0 Å². The lowest BCUT2D eigenvalue weighted by Gasteiger charge is -2.21. The van der Waals surface area contributed by atoms with Crippen LogP contribution in [0, 0.1) is 19.8 Å². The summed E-state index contributed by atoms with van der Waals surface area (Å²) in [5, 5.41) is 4.46. The van der Waals surface area contributed by atoms with Crippen molar-refractivity contribution in [2.24, 2.45) is 5.92 Å². The molecule has 104 valence electrons. The van der Waals surface area contributed by atoms with Crippen LogP contribution < -0.4 is 5.32 Å². The summed E-state index contributed by atoms with van der Waals surface area (Å²) in [6, 6.07) is 12.7. The fraction of sp³-hybridized carbons (Fsp3) is 0.353. The van der Waals surface area contributed by atoms with Crippen molar-refractivity contribution < 1.29 is 0 Å². The molecule has 2 nitrogen and oxygen atoms in total. The monoisotopic (exact) mass is 286 g/mol. The lowest BCUT2D eigenvalue weighted by molar-refractivity contribution is 0.677. The van der Waals surface area contributed by atoms with Gasteiger partial charge in [0.2, 0.25) is 0 Å². The number of halogens is 1. The first-order valence-corrected chi connectivity index (χ1v) is 7.47. The summed E-state index contributed by atoms with van der Waals surface area (Å²) < 4.78 is 0. The molecule has 1 aliphatic carbocycles. The number of nitrogens with zero attached hydrogens (tertiary/aromatic N) is 1. The Labute approximate surface area is 125 Å². The molecule has 0 bridgehead atoms. The molecule has 1 heterocycles. The van der Waals surface area contributed by atoms with Gasteiger partial charge in [0, 0.05) is 10.7 Å². The Kier molecular flexibility index (Phi) is 3.66. The van der Waals surface area contributed by atoms with Gasteiger partial charge < -0.3 is 5.32 Å². The normalized spacial score (nSPS) is 15.9. The van der Waals surface area contributed by atoms with E-state index in [0.29, 0.717) is 6.04 Å². The van der Waals surface area contributed by atoms with Crippen LogP contribution >= 0.6 is 11.6 Å². The third-order valence-corrected chi connectivity index (χ3v) is 4.11. The molecule has 0 spiro atoms. The summed E-state index contributed by atoms with van der Waals surface area (Å²) in [6.45, 7) is 4.08. The Morgan fingerprint density at radius 3 is 2.40 bits per heavy atom. The molecule has 1 fully saturated rings. The van der Waals surface area contributed by atoms with E-state index in [0.717, 1.165) is 28.0 Å². The number of rotatable bonds is 4. The first kappa shape index (κ1) is 13.4. The second kappa shape index (κ2) is 5.45. The van der Waals surface area contributed by atoms with E-state index in [1.54, 1.807) is 0 Å². The average Bonchev–Trinajstić information content (AvgIpc) is 3.24. The standard InChI is InChI=1S/C17H19ClN2/c1-11-3-10-16(12(2)19-11)20-17(13-4-5-13)14-6-8-15(18)9-7-14/h3,6-10,13,17,20H,4-5H2,1-2H3. The van der Waals surface area contributed by atoms with Crippen LogP contribution in [0.15, 0.2) is 36.4 Å². The molecule has 1 N–H and O–H groups in total. The summed E-state index contributed by atoms with van der Waals surface area (Å²) in [4.78, 5) is 4.53. The molecule has 0 aliphatic heterocycles. The van der Waals surface area contributed by atoms with Crippen LogP contribution in [0.2, 0.25) is 5.02 Å². The molecule has 2 aromatic rings. The maximum atomic E-state index is 5.98. The predicted octanol–water partition coefficient (Wildman–Crippen LogP) is 4.92. The fourth-order valence-electron chi connectivity index (χ4n) is 2.58. The van der Waals surface area contributed by atoms with Gasteiger partial charge in [-0.2, -0.15) is 0 Å². The molecule has 1 unspecified atom stereocenters. The smallest absolute Gasteiger partial charge is 0.0607 e. The van der Waals surface area contributed by atoms with E-state index in [1.807, 2.05) is 19.1 Å². The second-order valence-electron chi connectivity index (χ2n) is 5.60. The molecule has 0 amide bonds. The van der Waals surface area contributed by atoms with Crippen molar-refractivity contribution in [2.75, 3.05) is 5.32 Å². The average molecular weight is 287 g/mol. The summed E-state index contributed by atoms with van der Waals surface area (Å²) in [5.41, 5.74) is 4.55. The number of nitrogens with one attached hydrogen (secondary N) is 1. The van der Waals surface area contributed by atoms with E-state index in [2.05, 4.69) is 41.5 Å². The molecular weight excluding hydrogens is 268 g/mol. The quantitative estimate of drug-likeness (QED) is 0.863. The summed E-state index contributed by atoms with van der Waals surface area (Å²) in [6.07, 6.45) is 2.58. The highest BCUT2D eigenvalue weighted by atomic mass is 35.5. The topological polar surface area (TPSA) is 24.9 Å². The third-order valence-electron chi connectivity index (χ3n) is 3.86. The van der Waals surface area contributed by atoms with Crippen LogP contribution in [0.3, 0.4) is 0 Å². The molecule has 3 rings (SSSR count). The molecule has 3 heteroatoms. The second-order valence-corrected chi connectivity index (χ2v) is 6.03. The number of hydrogen-bond acceptors (Lipinski definition) is 2. The molecule has 1 aromatic heterocycles. The van der Waals surface area contributed by atoms with Gasteiger partial charge in [0.1, 0.15) is 0 Å². The minimum absolute atomic E-state index is 0.357. The summed E-state index contributed by atoms with van der Waals surface area (Å²) in [7, 11) is 0. The van der Waals surface area contributed by atoms with E-state index in [-0.39, 0.29) is 0 Å². The lowest BCUT2D eigenvalue weighted by Crippen LogP contribution is -2.14. The molecule has 1 aliphatic rings. The van der Waals surface area contributed by atoms with Crippen LogP contribution in [0.5, 0.6) is 0 Å². The molecule has 0 saturated heterocycles. The van der Waals surface area contributed by atoms with Crippen LogP contribution in [0.4, 0.5) is 5.69 Å². The molecular formula is C17H19ClN2. The molecule has 1 aromatic carbocycles. The van der Waals surface area contributed by atoms with E-state index in [1.165, 1.54) is 18.4 Å². The van der Waals surface area contributed by atoms with Gasteiger partial charge >= 0.3 is 0 Å². The minimum Gasteiger partial charge on any atom is -0.376 e. The van der Waals surface area contributed by atoms with Crippen LogP contribution in [-0.4, -0.2) is 4.98 Å². The van der Waals surface area contributed by atoms with Gasteiger partial charge in [0.15, 0.2) is 0 Å². The maximum absolute atomic E-state index is 5.98. The Balaban J connectivity index is 1.86. The zero-order valence-electron chi connectivity index (χ0n) is 11.9. The SMILES string of the molecule is Cc1ccc(NC(c2ccc(Cl)cc2)C2CC2)c(C)n1. The van der Waals surface area contributed by atoms with Gasteiger partial charge in [-0.1, -0.05) is 23.7 Å². The van der Waals surface area contributed by atoms with E-state index in [4.69, 9.17) is 11.6 Å². The van der Waals surface area contributed by atoms with Gasteiger partial charge in [0.25, 0.3) is 0 Å². The van der Waals surface area contributed by atoms with Crippen LogP contribution in [0.25, 0.3) is 0 Å². The van der Waals surface area contributed by atoms with E-state index in [9.17, 15) is 0 Å². The van der Waals surface area contributed by atoms with Crippen molar-refractivity contribution in [2.45, 2.75) is 32.7 Å². The van der Waals surface area contributed by atoms with Gasteiger partial charge in [-0.3, -0.25) is 4.98 Å². The third kappa shape index (κ3) is 2.96. The molecule has 20 heavy (non-hydrogen) atoms. The van der Waals surface area contributed by atoms with Crippen LogP contribution in [0.1, 0.15) is 35.8 Å². The first-order chi connectivity index (χ1) is 9.63. The van der Waals surface area contributed by atoms with Crippen molar-refractivity contribution in [3.05, 3.63) is 58.4 Å². The Morgan fingerprint density at radius 1 is 1.10 bits per heavy atom. The number of pyridine rings is 1. The maximum Gasteiger partial charge on any atom is 0.0607 e. The fourth-order valence-corrected chi connectivity index (χ4v) is 2.71. The van der Waals surface area contributed by atoms with Gasteiger partial charge in [-0.25, -0.2) is 0 Å². The summed E-state index contributed by atoms with van der Waals surface area (Å²) >= 11 is 5.98. The Hall–Kier alpha value is -1.54. The summed E-state index contributed by atoms with van der Waals surface area (Å²) in [5.74, 6) is 0.719.